The maximum absolute atomic E-state index is 12.4. The SMILES string of the molecule is CO[C@H]1C[C@@H](CN(C)C(=O)c2cnn(CCC(F)(F)F)c2)N(C)C1. The predicted octanol–water partition coefficient (Wildman–Crippen LogP) is 1.63. The fraction of sp³-hybridized carbons (Fsp3) is 0.733. The van der Waals surface area contributed by atoms with Gasteiger partial charge in [-0.05, 0) is 13.5 Å². The van der Waals surface area contributed by atoms with E-state index in [1.807, 2.05) is 7.05 Å². The molecular weight excluding hydrogens is 325 g/mol. The third kappa shape index (κ3) is 4.94. The van der Waals surface area contributed by atoms with Crippen molar-refractivity contribution in [3.63, 3.8) is 0 Å². The molecule has 1 saturated heterocycles. The number of nitrogens with zero attached hydrogens (tertiary/aromatic N) is 4. The van der Waals surface area contributed by atoms with Crippen LogP contribution in [0.25, 0.3) is 0 Å². The van der Waals surface area contributed by atoms with E-state index in [-0.39, 0.29) is 24.6 Å². The molecule has 1 aromatic heterocycles. The molecule has 0 radical (unpaired) electrons. The number of alkyl halides is 3. The Morgan fingerprint density at radius 2 is 2.21 bits per heavy atom. The Morgan fingerprint density at radius 1 is 1.50 bits per heavy atom. The van der Waals surface area contributed by atoms with Gasteiger partial charge in [0, 0.05) is 46.0 Å². The van der Waals surface area contributed by atoms with E-state index in [0.29, 0.717) is 12.1 Å². The zero-order valence-corrected chi connectivity index (χ0v) is 14.1. The molecule has 2 rings (SSSR count). The van der Waals surface area contributed by atoms with Gasteiger partial charge in [0.25, 0.3) is 5.91 Å². The number of amides is 1. The summed E-state index contributed by atoms with van der Waals surface area (Å²) < 4.78 is 43.2. The number of rotatable bonds is 6. The highest BCUT2D eigenvalue weighted by Gasteiger charge is 2.31. The van der Waals surface area contributed by atoms with Crippen molar-refractivity contribution in [1.82, 2.24) is 19.6 Å². The number of hydrogen-bond donors (Lipinski definition) is 0. The number of carbonyl (C=O) groups excluding carboxylic acids is 1. The van der Waals surface area contributed by atoms with Crippen molar-refractivity contribution >= 4 is 5.91 Å². The standard InChI is InChI=1S/C15H23F3N4O2/c1-20-10-13(24-3)6-12(20)9-21(2)14(23)11-7-19-22(8-11)5-4-15(16,17)18/h7-8,12-13H,4-6,9-10H2,1-3H3/t12-,13-/m0/s1. The number of carbonyl (C=O) groups is 1. The number of ether oxygens (including phenoxy) is 1. The van der Waals surface area contributed by atoms with Gasteiger partial charge in [-0.1, -0.05) is 0 Å². The summed E-state index contributed by atoms with van der Waals surface area (Å²) in [5.41, 5.74) is 0.295. The third-order valence-corrected chi connectivity index (χ3v) is 4.32. The number of likely N-dealkylation sites (tertiary alicyclic amines) is 1. The first-order chi connectivity index (χ1) is 11.2. The Bertz CT molecular complexity index is 561. The second-order valence-corrected chi connectivity index (χ2v) is 6.23. The fourth-order valence-corrected chi connectivity index (χ4v) is 2.87. The molecule has 136 valence electrons. The molecule has 0 unspecified atom stereocenters. The van der Waals surface area contributed by atoms with E-state index in [4.69, 9.17) is 4.74 Å². The topological polar surface area (TPSA) is 50.6 Å². The normalized spacial score (nSPS) is 22.1. The molecule has 0 saturated carbocycles. The molecule has 24 heavy (non-hydrogen) atoms. The summed E-state index contributed by atoms with van der Waals surface area (Å²) in [6.07, 6.45) is -1.53. The number of aromatic nitrogens is 2. The molecule has 0 spiro atoms. The van der Waals surface area contributed by atoms with Crippen molar-refractivity contribution in [3.8, 4) is 0 Å². The van der Waals surface area contributed by atoms with Gasteiger partial charge in [-0.2, -0.15) is 18.3 Å². The molecule has 1 amide bonds. The predicted molar refractivity (Wildman–Crippen MR) is 81.7 cm³/mol. The molecule has 6 nitrogen and oxygen atoms in total. The lowest BCUT2D eigenvalue weighted by Gasteiger charge is -2.25. The fourth-order valence-electron chi connectivity index (χ4n) is 2.87. The molecular formula is C15H23F3N4O2. The van der Waals surface area contributed by atoms with Gasteiger partial charge in [-0.15, -0.1) is 0 Å². The van der Waals surface area contributed by atoms with Crippen LogP contribution in [0.1, 0.15) is 23.2 Å². The number of likely N-dealkylation sites (N-methyl/N-ethyl adjacent to an activating group) is 2. The number of halogens is 3. The second-order valence-electron chi connectivity index (χ2n) is 6.23. The van der Waals surface area contributed by atoms with E-state index in [2.05, 4.69) is 10.00 Å². The van der Waals surface area contributed by atoms with E-state index in [0.717, 1.165) is 17.6 Å². The van der Waals surface area contributed by atoms with E-state index in [1.165, 1.54) is 12.4 Å². The Morgan fingerprint density at radius 3 is 2.79 bits per heavy atom. The number of aryl methyl sites for hydroxylation is 1. The van der Waals surface area contributed by atoms with Crippen LogP contribution in [0.5, 0.6) is 0 Å². The van der Waals surface area contributed by atoms with Crippen molar-refractivity contribution in [2.45, 2.75) is 37.7 Å². The summed E-state index contributed by atoms with van der Waals surface area (Å²) >= 11 is 0. The van der Waals surface area contributed by atoms with Crippen LogP contribution in [0.3, 0.4) is 0 Å². The summed E-state index contributed by atoms with van der Waals surface area (Å²) in [4.78, 5) is 16.1. The maximum atomic E-state index is 12.4. The smallest absolute Gasteiger partial charge is 0.380 e. The Kier molecular flexibility index (Phi) is 5.87. The molecule has 1 aliphatic heterocycles. The van der Waals surface area contributed by atoms with Gasteiger partial charge in [-0.25, -0.2) is 0 Å². The largest absolute Gasteiger partial charge is 0.390 e. The molecule has 2 heterocycles. The van der Waals surface area contributed by atoms with Crippen molar-refractivity contribution in [2.24, 2.45) is 0 Å². The summed E-state index contributed by atoms with van der Waals surface area (Å²) in [6, 6.07) is 0.198. The van der Waals surface area contributed by atoms with E-state index in [9.17, 15) is 18.0 Å². The molecule has 1 aliphatic rings. The Hall–Kier alpha value is -1.61. The van der Waals surface area contributed by atoms with Crippen LogP contribution in [0, 0.1) is 0 Å². The first-order valence-corrected chi connectivity index (χ1v) is 7.77. The van der Waals surface area contributed by atoms with Crippen LogP contribution in [0.2, 0.25) is 0 Å². The van der Waals surface area contributed by atoms with Gasteiger partial charge in [-0.3, -0.25) is 14.4 Å². The molecule has 0 aromatic carbocycles. The van der Waals surface area contributed by atoms with Crippen molar-refractivity contribution in [2.75, 3.05) is 34.3 Å². The minimum absolute atomic E-state index is 0.161. The molecule has 9 heteroatoms. The Balaban J connectivity index is 1.90. The van der Waals surface area contributed by atoms with Gasteiger partial charge in [0.2, 0.25) is 0 Å². The zero-order valence-electron chi connectivity index (χ0n) is 14.1. The average Bonchev–Trinajstić information content (AvgIpc) is 3.11. The third-order valence-electron chi connectivity index (χ3n) is 4.32. The molecule has 0 bridgehead atoms. The average molecular weight is 348 g/mol. The quantitative estimate of drug-likeness (QED) is 0.784. The minimum atomic E-state index is -4.24. The lowest BCUT2D eigenvalue weighted by Crippen LogP contribution is -2.39. The summed E-state index contributed by atoms with van der Waals surface area (Å²) in [7, 11) is 5.34. The van der Waals surface area contributed by atoms with Crippen LogP contribution in [-0.2, 0) is 11.3 Å². The molecule has 2 atom stereocenters. The lowest BCUT2D eigenvalue weighted by molar-refractivity contribution is -0.137. The maximum Gasteiger partial charge on any atom is 0.390 e. The van der Waals surface area contributed by atoms with Gasteiger partial charge in [0.15, 0.2) is 0 Å². The second kappa shape index (κ2) is 7.52. The van der Waals surface area contributed by atoms with Crippen LogP contribution < -0.4 is 0 Å². The van der Waals surface area contributed by atoms with Crippen LogP contribution in [0.15, 0.2) is 12.4 Å². The monoisotopic (exact) mass is 348 g/mol. The number of hydrogen-bond acceptors (Lipinski definition) is 4. The van der Waals surface area contributed by atoms with Gasteiger partial charge >= 0.3 is 6.18 Å². The molecule has 1 aromatic rings. The minimum Gasteiger partial charge on any atom is -0.380 e. The molecule has 0 aliphatic carbocycles. The van der Waals surface area contributed by atoms with Crippen LogP contribution >= 0.6 is 0 Å². The molecule has 0 N–H and O–H groups in total. The van der Waals surface area contributed by atoms with E-state index < -0.39 is 12.6 Å². The Labute approximate surface area is 139 Å². The lowest BCUT2D eigenvalue weighted by atomic mass is 10.2. The molecule has 1 fully saturated rings. The zero-order chi connectivity index (χ0) is 17.9. The first kappa shape index (κ1) is 18.7. The first-order valence-electron chi connectivity index (χ1n) is 7.77. The number of methoxy groups -OCH3 is 1. The van der Waals surface area contributed by atoms with Crippen molar-refractivity contribution in [1.29, 1.82) is 0 Å². The van der Waals surface area contributed by atoms with Gasteiger partial charge < -0.3 is 9.64 Å². The van der Waals surface area contributed by atoms with Gasteiger partial charge in [0.1, 0.15) is 0 Å². The summed E-state index contributed by atoms with van der Waals surface area (Å²) in [6.45, 7) is 1.06. The van der Waals surface area contributed by atoms with Crippen LogP contribution in [0.4, 0.5) is 13.2 Å². The van der Waals surface area contributed by atoms with Gasteiger partial charge in [0.05, 0.1) is 24.3 Å². The van der Waals surface area contributed by atoms with Crippen LogP contribution in [-0.4, -0.2) is 78.1 Å². The highest BCUT2D eigenvalue weighted by molar-refractivity contribution is 5.93. The highest BCUT2D eigenvalue weighted by Crippen LogP contribution is 2.21. The van der Waals surface area contributed by atoms with E-state index in [1.54, 1.807) is 19.1 Å². The summed E-state index contributed by atoms with van der Waals surface area (Å²) in [5.74, 6) is -0.248. The highest BCUT2D eigenvalue weighted by atomic mass is 19.4. The van der Waals surface area contributed by atoms with Crippen molar-refractivity contribution in [3.05, 3.63) is 18.0 Å². The van der Waals surface area contributed by atoms with Crippen molar-refractivity contribution < 1.29 is 22.7 Å². The summed E-state index contributed by atoms with van der Waals surface area (Å²) in [5, 5.41) is 3.83. The van der Waals surface area contributed by atoms with E-state index >= 15 is 0 Å².